The number of hydrogen-bond acceptors (Lipinski definition) is 3. The smallest absolute Gasteiger partial charge is 0.315 e. The van der Waals surface area contributed by atoms with Gasteiger partial charge < -0.3 is 15.4 Å². The first kappa shape index (κ1) is 15.8. The highest BCUT2D eigenvalue weighted by atomic mass is 16.5. The number of carbonyl (C=O) groups is 1. The fourth-order valence-electron chi connectivity index (χ4n) is 2.81. The van der Waals surface area contributed by atoms with Crippen molar-refractivity contribution in [1.82, 2.24) is 20.4 Å². The summed E-state index contributed by atoms with van der Waals surface area (Å²) in [5, 5.41) is 10.1. The highest BCUT2D eigenvalue weighted by Gasteiger charge is 2.58. The second kappa shape index (κ2) is 6.05. The van der Waals surface area contributed by atoms with E-state index < -0.39 is 0 Å². The Morgan fingerprint density at radius 2 is 2.24 bits per heavy atom. The zero-order valence-electron chi connectivity index (χ0n) is 13.3. The largest absolute Gasteiger partial charge is 0.378 e. The first-order chi connectivity index (χ1) is 9.89. The van der Waals surface area contributed by atoms with Gasteiger partial charge in [0.2, 0.25) is 0 Å². The molecule has 1 aliphatic carbocycles. The molecule has 0 bridgehead atoms. The topological polar surface area (TPSA) is 68.2 Å². The molecule has 1 aliphatic rings. The van der Waals surface area contributed by atoms with Crippen molar-refractivity contribution in [3.63, 3.8) is 0 Å². The lowest BCUT2D eigenvalue weighted by atomic mass is 9.56. The van der Waals surface area contributed by atoms with Crippen molar-refractivity contribution in [3.05, 3.63) is 18.5 Å². The maximum Gasteiger partial charge on any atom is 0.315 e. The Morgan fingerprint density at radius 3 is 2.81 bits per heavy atom. The molecular weight excluding hydrogens is 268 g/mol. The third-order valence-corrected chi connectivity index (χ3v) is 4.99. The number of aryl methyl sites for hydroxylation is 1. The van der Waals surface area contributed by atoms with Crippen molar-refractivity contribution in [2.75, 3.05) is 13.7 Å². The molecule has 6 heteroatoms. The minimum Gasteiger partial charge on any atom is -0.378 e. The first-order valence-electron chi connectivity index (χ1n) is 7.46. The minimum absolute atomic E-state index is 0.0614. The number of ether oxygens (including phenoxy) is 1. The molecule has 0 aliphatic heterocycles. The van der Waals surface area contributed by atoms with Crippen LogP contribution in [0.3, 0.4) is 0 Å². The summed E-state index contributed by atoms with van der Waals surface area (Å²) in [7, 11) is 1.73. The van der Waals surface area contributed by atoms with Crippen molar-refractivity contribution in [1.29, 1.82) is 0 Å². The molecule has 6 nitrogen and oxygen atoms in total. The molecule has 0 spiro atoms. The van der Waals surface area contributed by atoms with Gasteiger partial charge in [-0.3, -0.25) is 4.68 Å². The van der Waals surface area contributed by atoms with Crippen LogP contribution in [0.5, 0.6) is 0 Å². The lowest BCUT2D eigenvalue weighted by Crippen LogP contribution is -2.69. The molecule has 1 fully saturated rings. The summed E-state index contributed by atoms with van der Waals surface area (Å²) in [6.45, 7) is 7.79. The zero-order chi connectivity index (χ0) is 15.5. The third kappa shape index (κ3) is 3.20. The van der Waals surface area contributed by atoms with Crippen LogP contribution in [0.2, 0.25) is 0 Å². The average molecular weight is 294 g/mol. The van der Waals surface area contributed by atoms with Crippen molar-refractivity contribution in [2.24, 2.45) is 5.41 Å². The van der Waals surface area contributed by atoms with E-state index in [1.807, 2.05) is 16.9 Å². The maximum atomic E-state index is 11.9. The van der Waals surface area contributed by atoms with E-state index in [9.17, 15) is 4.79 Å². The van der Waals surface area contributed by atoms with Gasteiger partial charge in [-0.05, 0) is 25.8 Å². The predicted octanol–water partition coefficient (Wildman–Crippen LogP) is 1.78. The van der Waals surface area contributed by atoms with Crippen LogP contribution in [0.1, 0.15) is 33.6 Å². The van der Waals surface area contributed by atoms with Crippen molar-refractivity contribution >= 4 is 6.03 Å². The van der Waals surface area contributed by atoms with Gasteiger partial charge >= 0.3 is 6.03 Å². The number of nitrogens with zero attached hydrogens (tertiary/aromatic N) is 2. The standard InChI is InChI=1S/C15H26N4O2/c1-14(2)12(11-15(14,3)21-4)18-13(20)16-7-5-9-19-10-6-8-17-19/h6,8,10,12H,5,7,9,11H2,1-4H3,(H2,16,18,20). The van der Waals surface area contributed by atoms with E-state index in [-0.39, 0.29) is 23.1 Å². The molecule has 2 N–H and O–H groups in total. The Hall–Kier alpha value is -1.56. The molecule has 0 radical (unpaired) electrons. The van der Waals surface area contributed by atoms with Crippen molar-refractivity contribution < 1.29 is 9.53 Å². The number of urea groups is 1. The lowest BCUT2D eigenvalue weighted by molar-refractivity contribution is -0.177. The zero-order valence-corrected chi connectivity index (χ0v) is 13.3. The molecule has 1 heterocycles. The van der Waals surface area contributed by atoms with E-state index in [1.165, 1.54) is 0 Å². The van der Waals surface area contributed by atoms with E-state index >= 15 is 0 Å². The average Bonchev–Trinajstić information content (AvgIpc) is 2.96. The molecule has 2 atom stereocenters. The molecule has 21 heavy (non-hydrogen) atoms. The number of amides is 2. The van der Waals surface area contributed by atoms with Gasteiger partial charge in [0.05, 0.1) is 5.60 Å². The van der Waals surface area contributed by atoms with Gasteiger partial charge in [-0.25, -0.2) is 4.79 Å². The normalized spacial score (nSPS) is 27.0. The Kier molecular flexibility index (Phi) is 4.56. The Morgan fingerprint density at radius 1 is 1.48 bits per heavy atom. The SMILES string of the molecule is COC1(C)CC(NC(=O)NCCCn2cccn2)C1(C)C. The van der Waals surface area contributed by atoms with E-state index in [2.05, 4.69) is 36.5 Å². The summed E-state index contributed by atoms with van der Waals surface area (Å²) in [5.41, 5.74) is -0.223. The summed E-state index contributed by atoms with van der Waals surface area (Å²) < 4.78 is 7.42. The summed E-state index contributed by atoms with van der Waals surface area (Å²) in [6, 6.07) is 1.94. The van der Waals surface area contributed by atoms with Crippen LogP contribution in [0.4, 0.5) is 4.79 Å². The summed E-state index contributed by atoms with van der Waals surface area (Å²) in [6.07, 6.45) is 5.38. The first-order valence-corrected chi connectivity index (χ1v) is 7.46. The number of methoxy groups -OCH3 is 1. The fourth-order valence-corrected chi connectivity index (χ4v) is 2.81. The van der Waals surface area contributed by atoms with Gasteiger partial charge in [0.15, 0.2) is 0 Å². The molecule has 1 aromatic rings. The highest BCUT2D eigenvalue weighted by molar-refractivity contribution is 5.74. The molecular formula is C15H26N4O2. The van der Waals surface area contributed by atoms with E-state index in [0.29, 0.717) is 6.54 Å². The van der Waals surface area contributed by atoms with Gasteiger partial charge in [-0.1, -0.05) is 13.8 Å². The molecule has 2 amide bonds. The Bertz CT molecular complexity index is 472. The summed E-state index contributed by atoms with van der Waals surface area (Å²) >= 11 is 0. The van der Waals surface area contributed by atoms with E-state index in [0.717, 1.165) is 19.4 Å². The van der Waals surface area contributed by atoms with E-state index in [4.69, 9.17) is 4.74 Å². The third-order valence-electron chi connectivity index (χ3n) is 4.99. The molecule has 2 unspecified atom stereocenters. The van der Waals surface area contributed by atoms with Crippen LogP contribution < -0.4 is 10.6 Å². The second-order valence-corrected chi connectivity index (χ2v) is 6.44. The predicted molar refractivity (Wildman–Crippen MR) is 81.0 cm³/mol. The number of hydrogen-bond donors (Lipinski definition) is 2. The van der Waals surface area contributed by atoms with Gasteiger partial charge in [0.1, 0.15) is 0 Å². The molecule has 2 rings (SSSR count). The highest BCUT2D eigenvalue weighted by Crippen LogP contribution is 2.51. The van der Waals surface area contributed by atoms with Gasteiger partial charge in [0, 0.05) is 44.0 Å². The van der Waals surface area contributed by atoms with Gasteiger partial charge in [-0.2, -0.15) is 5.10 Å². The Balaban J connectivity index is 1.66. The lowest BCUT2D eigenvalue weighted by Gasteiger charge is -2.59. The van der Waals surface area contributed by atoms with E-state index in [1.54, 1.807) is 13.3 Å². The Labute approximate surface area is 126 Å². The van der Waals surface area contributed by atoms with Gasteiger partial charge in [0.25, 0.3) is 0 Å². The van der Waals surface area contributed by atoms with Crippen molar-refractivity contribution in [2.45, 2.75) is 51.8 Å². The summed E-state index contributed by atoms with van der Waals surface area (Å²) in [4.78, 5) is 11.9. The molecule has 0 aromatic carbocycles. The number of carbonyl (C=O) groups excluding carboxylic acids is 1. The molecule has 1 aromatic heterocycles. The number of nitrogens with one attached hydrogen (secondary N) is 2. The van der Waals surface area contributed by atoms with Crippen LogP contribution in [-0.4, -0.2) is 41.1 Å². The quantitative estimate of drug-likeness (QED) is 0.786. The second-order valence-electron chi connectivity index (χ2n) is 6.44. The van der Waals surface area contributed by atoms with Crippen molar-refractivity contribution in [3.8, 4) is 0 Å². The number of rotatable bonds is 6. The van der Waals surface area contributed by atoms with Gasteiger partial charge in [-0.15, -0.1) is 0 Å². The van der Waals surface area contributed by atoms with Crippen LogP contribution >= 0.6 is 0 Å². The maximum absolute atomic E-state index is 11.9. The van der Waals surface area contributed by atoms with Crippen LogP contribution in [0, 0.1) is 5.41 Å². The van der Waals surface area contributed by atoms with Crippen LogP contribution in [0.25, 0.3) is 0 Å². The minimum atomic E-state index is -0.162. The fraction of sp³-hybridized carbons (Fsp3) is 0.733. The van der Waals surface area contributed by atoms with Crippen LogP contribution in [-0.2, 0) is 11.3 Å². The molecule has 118 valence electrons. The summed E-state index contributed by atoms with van der Waals surface area (Å²) in [5.74, 6) is 0. The molecule has 0 saturated heterocycles. The molecule has 1 saturated carbocycles. The van der Waals surface area contributed by atoms with Crippen LogP contribution in [0.15, 0.2) is 18.5 Å². The monoisotopic (exact) mass is 294 g/mol. The number of aromatic nitrogens is 2.